The molecule has 98 valence electrons. The van der Waals surface area contributed by atoms with Crippen molar-refractivity contribution in [1.82, 2.24) is 0 Å². The minimum atomic E-state index is -1.16. The van der Waals surface area contributed by atoms with Crippen LogP contribution in [0.2, 0.25) is 0 Å². The smallest absolute Gasteiger partial charge is 0.379 e. The molecule has 0 aliphatic carbocycles. The minimum absolute atomic E-state index is 0.00510. The Hall–Kier alpha value is -1.63. The van der Waals surface area contributed by atoms with Crippen LogP contribution in [0.25, 0.3) is 0 Å². The van der Waals surface area contributed by atoms with Gasteiger partial charge in [0.05, 0.1) is 23.8 Å². The summed E-state index contributed by atoms with van der Waals surface area (Å²) in [4.78, 5) is 22.8. The zero-order valence-electron chi connectivity index (χ0n) is 9.62. The number of benzene rings is 1. The first kappa shape index (κ1) is 14.4. The van der Waals surface area contributed by atoms with Crippen molar-refractivity contribution in [3.8, 4) is 11.5 Å². The van der Waals surface area contributed by atoms with Crippen LogP contribution < -0.4 is 4.74 Å². The molecule has 5 nitrogen and oxygen atoms in total. The maximum absolute atomic E-state index is 13.6. The summed E-state index contributed by atoms with van der Waals surface area (Å²) >= 11 is 2.97. The van der Waals surface area contributed by atoms with Gasteiger partial charge in [-0.05, 0) is 28.9 Å². The van der Waals surface area contributed by atoms with Crippen molar-refractivity contribution in [2.45, 2.75) is 6.92 Å². The molecule has 0 aliphatic rings. The highest BCUT2D eigenvalue weighted by molar-refractivity contribution is 9.10. The van der Waals surface area contributed by atoms with Gasteiger partial charge in [0.2, 0.25) is 5.82 Å². The van der Waals surface area contributed by atoms with Crippen molar-refractivity contribution in [1.29, 1.82) is 0 Å². The number of ketones is 1. The second-order valence-corrected chi connectivity index (χ2v) is 4.01. The normalized spacial score (nSPS) is 10.0. The second kappa shape index (κ2) is 5.81. The van der Waals surface area contributed by atoms with Gasteiger partial charge in [-0.1, -0.05) is 0 Å². The van der Waals surface area contributed by atoms with Crippen molar-refractivity contribution in [2.24, 2.45) is 0 Å². The summed E-state index contributed by atoms with van der Waals surface area (Å²) in [5, 5.41) is 9.52. The Morgan fingerprint density at radius 2 is 2.11 bits per heavy atom. The lowest BCUT2D eigenvalue weighted by molar-refractivity contribution is -0.137. The zero-order valence-corrected chi connectivity index (χ0v) is 11.2. The van der Waals surface area contributed by atoms with Crippen LogP contribution in [0.4, 0.5) is 4.39 Å². The topological polar surface area (TPSA) is 72.8 Å². The van der Waals surface area contributed by atoms with Gasteiger partial charge in [0.15, 0.2) is 11.5 Å². The molecule has 0 aliphatic heterocycles. The molecule has 0 aromatic heterocycles. The van der Waals surface area contributed by atoms with Crippen molar-refractivity contribution >= 4 is 27.7 Å². The fourth-order valence-electron chi connectivity index (χ4n) is 1.26. The second-order valence-electron chi connectivity index (χ2n) is 3.15. The lowest BCUT2D eigenvalue weighted by Crippen LogP contribution is -2.18. The number of halogens is 2. The van der Waals surface area contributed by atoms with Crippen LogP contribution in [0, 0.1) is 5.82 Å². The molecule has 0 radical (unpaired) electrons. The fourth-order valence-corrected chi connectivity index (χ4v) is 1.82. The summed E-state index contributed by atoms with van der Waals surface area (Å²) in [7, 11) is 1.20. The number of esters is 1. The highest BCUT2D eigenvalue weighted by Crippen LogP contribution is 2.36. The fraction of sp³-hybridized carbons (Fsp3) is 0.273. The van der Waals surface area contributed by atoms with Gasteiger partial charge in [-0.2, -0.15) is 4.39 Å². The van der Waals surface area contributed by atoms with Gasteiger partial charge >= 0.3 is 5.97 Å². The van der Waals surface area contributed by atoms with Gasteiger partial charge in [-0.3, -0.25) is 4.79 Å². The first-order chi connectivity index (χ1) is 8.43. The maximum atomic E-state index is 13.6. The summed E-state index contributed by atoms with van der Waals surface area (Å²) < 4.78 is 22.9. The molecule has 1 N–H and O–H groups in total. The van der Waals surface area contributed by atoms with Gasteiger partial charge in [0, 0.05) is 0 Å². The monoisotopic (exact) mass is 320 g/mol. The number of phenolic OH excluding ortho intramolecular Hbond substituents is 1. The van der Waals surface area contributed by atoms with E-state index in [0.717, 1.165) is 6.07 Å². The molecule has 0 fully saturated rings. The van der Waals surface area contributed by atoms with Crippen LogP contribution in [0.1, 0.15) is 17.3 Å². The van der Waals surface area contributed by atoms with E-state index in [2.05, 4.69) is 25.4 Å². The number of carbonyl (C=O) groups excluding carboxylic acids is 2. The molecule has 7 heteroatoms. The number of phenols is 1. The quantitative estimate of drug-likeness (QED) is 0.522. The summed E-state index contributed by atoms with van der Waals surface area (Å²) in [5.74, 6) is -4.62. The van der Waals surface area contributed by atoms with Crippen LogP contribution in [0.3, 0.4) is 0 Å². The van der Waals surface area contributed by atoms with Gasteiger partial charge in [-0.15, -0.1) is 0 Å². The predicted octanol–water partition coefficient (Wildman–Crippen LogP) is 2.05. The minimum Gasteiger partial charge on any atom is -0.504 e. The summed E-state index contributed by atoms with van der Waals surface area (Å²) in [6.45, 7) is 1.53. The zero-order chi connectivity index (χ0) is 13.9. The first-order valence-electron chi connectivity index (χ1n) is 4.90. The number of hydrogen-bond donors (Lipinski definition) is 1. The van der Waals surface area contributed by atoms with E-state index < -0.39 is 28.9 Å². The highest BCUT2D eigenvalue weighted by atomic mass is 79.9. The third kappa shape index (κ3) is 2.61. The van der Waals surface area contributed by atoms with Crippen LogP contribution in [-0.4, -0.2) is 30.6 Å². The number of Topliss-reactive ketones (excluding diaryl/α,β-unsaturated/α-hetero) is 1. The number of carbonyl (C=O) groups is 2. The third-order valence-electron chi connectivity index (χ3n) is 2.06. The number of rotatable bonds is 4. The summed E-state index contributed by atoms with van der Waals surface area (Å²) in [6.07, 6.45) is 0. The molecule has 1 aromatic rings. The molecule has 18 heavy (non-hydrogen) atoms. The number of methoxy groups -OCH3 is 1. The number of hydrogen-bond acceptors (Lipinski definition) is 5. The van der Waals surface area contributed by atoms with E-state index in [0.29, 0.717) is 0 Å². The van der Waals surface area contributed by atoms with Crippen molar-refractivity contribution in [3.63, 3.8) is 0 Å². The maximum Gasteiger partial charge on any atom is 0.379 e. The third-order valence-corrected chi connectivity index (χ3v) is 2.65. The van der Waals surface area contributed by atoms with E-state index >= 15 is 0 Å². The Morgan fingerprint density at radius 1 is 1.50 bits per heavy atom. The summed E-state index contributed by atoms with van der Waals surface area (Å²) in [6, 6.07) is 1.09. The molecule has 0 bridgehead atoms. The largest absolute Gasteiger partial charge is 0.504 e. The molecule has 1 rings (SSSR count). The van der Waals surface area contributed by atoms with Crippen molar-refractivity contribution in [3.05, 3.63) is 21.9 Å². The van der Waals surface area contributed by atoms with Gasteiger partial charge < -0.3 is 14.6 Å². The Labute approximate surface area is 111 Å². The van der Waals surface area contributed by atoms with Crippen LogP contribution in [-0.2, 0) is 9.53 Å². The van der Waals surface area contributed by atoms with Gasteiger partial charge in [0.1, 0.15) is 0 Å². The Kier molecular flexibility index (Phi) is 4.66. The van der Waals surface area contributed by atoms with E-state index in [-0.39, 0.29) is 16.8 Å². The Balaban J connectivity index is 3.27. The molecule has 0 saturated heterocycles. The van der Waals surface area contributed by atoms with Gasteiger partial charge in [0.25, 0.3) is 5.78 Å². The average molecular weight is 321 g/mol. The van der Waals surface area contributed by atoms with Crippen LogP contribution in [0.15, 0.2) is 10.5 Å². The van der Waals surface area contributed by atoms with Gasteiger partial charge in [-0.25, -0.2) is 4.79 Å². The van der Waals surface area contributed by atoms with E-state index in [4.69, 9.17) is 0 Å². The highest BCUT2D eigenvalue weighted by Gasteiger charge is 2.26. The van der Waals surface area contributed by atoms with E-state index in [1.54, 1.807) is 0 Å². The summed E-state index contributed by atoms with van der Waals surface area (Å²) in [5.41, 5.74) is -0.487. The van der Waals surface area contributed by atoms with Crippen molar-refractivity contribution < 1.29 is 28.6 Å². The Morgan fingerprint density at radius 3 is 2.61 bits per heavy atom. The number of aromatic hydroxyl groups is 1. The van der Waals surface area contributed by atoms with E-state index in [1.807, 2.05) is 0 Å². The first-order valence-corrected chi connectivity index (χ1v) is 5.69. The molecule has 0 amide bonds. The standard InChI is InChI=1S/C11H10BrFO5/c1-3-18-11(16)9(15)5-4-6(12)10(17-2)7(13)8(5)14/h4,14H,3H2,1-2H3. The molecule has 0 saturated carbocycles. The van der Waals surface area contributed by atoms with Crippen molar-refractivity contribution in [2.75, 3.05) is 13.7 Å². The molecular weight excluding hydrogens is 311 g/mol. The van der Waals surface area contributed by atoms with Crippen LogP contribution >= 0.6 is 15.9 Å². The van der Waals surface area contributed by atoms with E-state index in [1.165, 1.54) is 14.0 Å². The SMILES string of the molecule is CCOC(=O)C(=O)c1cc(Br)c(OC)c(F)c1O. The molecule has 1 aromatic carbocycles. The lowest BCUT2D eigenvalue weighted by atomic mass is 10.1. The molecule has 0 atom stereocenters. The average Bonchev–Trinajstić information content (AvgIpc) is 2.34. The Bertz CT molecular complexity index is 501. The molecule has 0 spiro atoms. The molecule has 0 unspecified atom stereocenters. The van der Waals surface area contributed by atoms with Crippen LogP contribution in [0.5, 0.6) is 11.5 Å². The number of ether oxygens (including phenoxy) is 2. The predicted molar refractivity (Wildman–Crippen MR) is 63.3 cm³/mol. The lowest BCUT2D eigenvalue weighted by Gasteiger charge is -2.09. The molecular formula is C11H10BrFO5. The van der Waals surface area contributed by atoms with E-state index in [9.17, 15) is 19.1 Å². The molecule has 0 heterocycles.